The van der Waals surface area contributed by atoms with Gasteiger partial charge in [-0.05, 0) is 36.8 Å². The molecule has 0 aliphatic rings. The van der Waals surface area contributed by atoms with Crippen molar-refractivity contribution in [2.75, 3.05) is 6.61 Å². The van der Waals surface area contributed by atoms with Gasteiger partial charge in [0.2, 0.25) is 0 Å². The van der Waals surface area contributed by atoms with E-state index in [2.05, 4.69) is 0 Å². The van der Waals surface area contributed by atoms with Crippen LogP contribution in [0.1, 0.15) is 18.1 Å². The van der Waals surface area contributed by atoms with Crippen LogP contribution in [0, 0.1) is 23.0 Å². The minimum Gasteiger partial charge on any atom is -0.462 e. The Labute approximate surface area is 154 Å². The largest absolute Gasteiger partial charge is 0.462 e. The summed E-state index contributed by atoms with van der Waals surface area (Å²) in [4.78, 5) is 11.9. The highest BCUT2D eigenvalue weighted by Gasteiger charge is 2.13. The minimum atomic E-state index is -0.904. The van der Waals surface area contributed by atoms with Crippen LogP contribution in [0.3, 0.4) is 0 Å². The summed E-state index contributed by atoms with van der Waals surface area (Å²) in [5.41, 5.74) is 2.00. The number of carbonyl (C=O) groups excluding carboxylic acids is 1. The van der Waals surface area contributed by atoms with E-state index in [1.807, 2.05) is 34.9 Å². The average Bonchev–Trinajstić information content (AvgIpc) is 3.00. The van der Waals surface area contributed by atoms with Crippen molar-refractivity contribution in [1.82, 2.24) is 4.57 Å². The number of nitriles is 1. The van der Waals surface area contributed by atoms with Crippen molar-refractivity contribution in [2.45, 2.75) is 13.5 Å². The number of aromatic nitrogens is 1. The van der Waals surface area contributed by atoms with Crippen molar-refractivity contribution in [3.8, 4) is 6.07 Å². The molecule has 0 saturated heterocycles. The normalized spacial score (nSPS) is 11.4. The van der Waals surface area contributed by atoms with Crippen LogP contribution in [0.25, 0.3) is 17.0 Å². The lowest BCUT2D eigenvalue weighted by molar-refractivity contribution is -0.137. The monoisotopic (exact) mass is 366 g/mol. The van der Waals surface area contributed by atoms with E-state index in [-0.39, 0.29) is 12.2 Å². The summed E-state index contributed by atoms with van der Waals surface area (Å²) in [6.07, 6.45) is 3.24. The fourth-order valence-electron chi connectivity index (χ4n) is 2.86. The molecule has 3 aromatic rings. The molecule has 0 unspecified atom stereocenters. The second-order valence-electron chi connectivity index (χ2n) is 5.87. The molecule has 1 heterocycles. The Morgan fingerprint density at radius 2 is 2.00 bits per heavy atom. The van der Waals surface area contributed by atoms with E-state index in [0.29, 0.717) is 17.7 Å². The number of para-hydroxylation sites is 1. The standard InChI is InChI=1S/C21H16F2N2O2/c1-2-27-21(26)15(11-24)10-16-13-25(20-6-4-3-5-17(16)20)12-14-7-8-18(22)19(23)9-14/h3-10,13H,2,12H2,1H3/b15-10+. The first-order valence-corrected chi connectivity index (χ1v) is 8.34. The van der Waals surface area contributed by atoms with Crippen LogP contribution in [-0.4, -0.2) is 17.1 Å². The van der Waals surface area contributed by atoms with E-state index in [0.717, 1.165) is 23.0 Å². The molecule has 0 N–H and O–H groups in total. The lowest BCUT2D eigenvalue weighted by Crippen LogP contribution is -2.05. The number of carbonyl (C=O) groups is 1. The quantitative estimate of drug-likeness (QED) is 0.381. The molecular formula is C21H16F2N2O2. The maximum Gasteiger partial charge on any atom is 0.348 e. The number of halogens is 2. The molecule has 4 nitrogen and oxygen atoms in total. The van der Waals surface area contributed by atoms with E-state index in [1.54, 1.807) is 13.1 Å². The Hall–Kier alpha value is -3.46. The first-order chi connectivity index (χ1) is 13.0. The Bertz CT molecular complexity index is 1080. The van der Waals surface area contributed by atoms with Crippen molar-refractivity contribution in [3.63, 3.8) is 0 Å². The van der Waals surface area contributed by atoms with Crippen molar-refractivity contribution in [1.29, 1.82) is 5.26 Å². The third-order valence-corrected chi connectivity index (χ3v) is 4.07. The van der Waals surface area contributed by atoms with Gasteiger partial charge in [0.05, 0.1) is 6.61 Å². The summed E-state index contributed by atoms with van der Waals surface area (Å²) in [5, 5.41) is 10.1. The number of hydrogen-bond donors (Lipinski definition) is 0. The predicted molar refractivity (Wildman–Crippen MR) is 97.6 cm³/mol. The molecule has 0 amide bonds. The number of ether oxygens (including phenoxy) is 1. The summed E-state index contributed by atoms with van der Waals surface area (Å²) in [7, 11) is 0. The third-order valence-electron chi connectivity index (χ3n) is 4.07. The summed E-state index contributed by atoms with van der Waals surface area (Å²) in [6.45, 7) is 2.16. The van der Waals surface area contributed by atoms with Gasteiger partial charge in [-0.15, -0.1) is 0 Å². The molecule has 3 rings (SSSR count). The highest BCUT2D eigenvalue weighted by molar-refractivity contribution is 6.01. The highest BCUT2D eigenvalue weighted by Crippen LogP contribution is 2.25. The minimum absolute atomic E-state index is 0.104. The van der Waals surface area contributed by atoms with Crippen molar-refractivity contribution >= 4 is 22.9 Å². The Kier molecular flexibility index (Phi) is 5.32. The van der Waals surface area contributed by atoms with Gasteiger partial charge in [0.15, 0.2) is 11.6 Å². The van der Waals surface area contributed by atoms with Crippen molar-refractivity contribution in [2.24, 2.45) is 0 Å². The molecule has 136 valence electrons. The molecule has 0 aliphatic carbocycles. The van der Waals surface area contributed by atoms with Crippen LogP contribution in [0.4, 0.5) is 8.78 Å². The summed E-state index contributed by atoms with van der Waals surface area (Å²) in [5.74, 6) is -2.48. The molecule has 0 radical (unpaired) electrons. The van der Waals surface area contributed by atoms with Crippen LogP contribution in [0.2, 0.25) is 0 Å². The lowest BCUT2D eigenvalue weighted by Gasteiger charge is -2.06. The van der Waals surface area contributed by atoms with Crippen LogP contribution in [0.5, 0.6) is 0 Å². The SMILES string of the molecule is CCOC(=O)/C(C#N)=C/c1cn(Cc2ccc(F)c(F)c2)c2ccccc12. The molecule has 0 spiro atoms. The zero-order chi connectivity index (χ0) is 19.4. The number of esters is 1. The number of rotatable bonds is 5. The Balaban J connectivity index is 2.04. The van der Waals surface area contributed by atoms with Gasteiger partial charge in [-0.2, -0.15) is 5.26 Å². The number of benzene rings is 2. The predicted octanol–water partition coefficient (Wildman–Crippen LogP) is 4.44. The molecule has 1 aromatic heterocycles. The first-order valence-electron chi connectivity index (χ1n) is 8.34. The second-order valence-corrected chi connectivity index (χ2v) is 5.87. The molecule has 0 bridgehead atoms. The maximum atomic E-state index is 13.5. The highest BCUT2D eigenvalue weighted by atomic mass is 19.2. The van der Waals surface area contributed by atoms with Crippen molar-refractivity contribution < 1.29 is 18.3 Å². The van der Waals surface area contributed by atoms with Crippen LogP contribution < -0.4 is 0 Å². The van der Waals surface area contributed by atoms with Crippen LogP contribution in [-0.2, 0) is 16.1 Å². The first kappa shape index (κ1) is 18.3. The van der Waals surface area contributed by atoms with Crippen LogP contribution >= 0.6 is 0 Å². The zero-order valence-corrected chi connectivity index (χ0v) is 14.6. The fraction of sp³-hybridized carbons (Fsp3) is 0.143. The maximum absolute atomic E-state index is 13.5. The molecular weight excluding hydrogens is 350 g/mol. The number of fused-ring (bicyclic) bond motifs is 1. The molecule has 27 heavy (non-hydrogen) atoms. The Morgan fingerprint density at radius 1 is 1.22 bits per heavy atom. The van der Waals surface area contributed by atoms with E-state index in [9.17, 15) is 18.8 Å². The fourth-order valence-corrected chi connectivity index (χ4v) is 2.86. The van der Waals surface area contributed by atoms with E-state index in [1.165, 1.54) is 12.1 Å². The van der Waals surface area contributed by atoms with Gasteiger partial charge < -0.3 is 9.30 Å². The molecule has 0 atom stereocenters. The molecule has 6 heteroatoms. The second kappa shape index (κ2) is 7.83. The van der Waals surface area contributed by atoms with Gasteiger partial charge in [-0.3, -0.25) is 0 Å². The van der Waals surface area contributed by atoms with Crippen LogP contribution in [0.15, 0.2) is 54.2 Å². The third kappa shape index (κ3) is 3.87. The van der Waals surface area contributed by atoms with Gasteiger partial charge in [0.25, 0.3) is 0 Å². The van der Waals surface area contributed by atoms with Gasteiger partial charge in [0, 0.05) is 29.2 Å². The topological polar surface area (TPSA) is 55.0 Å². The number of nitrogens with zero attached hydrogens (tertiary/aromatic N) is 2. The molecule has 0 aliphatic heterocycles. The van der Waals surface area contributed by atoms with Gasteiger partial charge in [-0.25, -0.2) is 13.6 Å². The van der Waals surface area contributed by atoms with Gasteiger partial charge in [0.1, 0.15) is 11.6 Å². The molecule has 0 fully saturated rings. The smallest absolute Gasteiger partial charge is 0.348 e. The molecule has 2 aromatic carbocycles. The summed E-state index contributed by atoms with van der Waals surface area (Å²) in [6, 6.07) is 13.1. The van der Waals surface area contributed by atoms with Crippen molar-refractivity contribution in [3.05, 3.63) is 77.0 Å². The van der Waals surface area contributed by atoms with E-state index >= 15 is 0 Å². The Morgan fingerprint density at radius 3 is 2.70 bits per heavy atom. The number of hydrogen-bond acceptors (Lipinski definition) is 3. The average molecular weight is 366 g/mol. The van der Waals surface area contributed by atoms with E-state index in [4.69, 9.17) is 4.74 Å². The summed E-state index contributed by atoms with van der Waals surface area (Å²) < 4.78 is 33.4. The summed E-state index contributed by atoms with van der Waals surface area (Å²) >= 11 is 0. The zero-order valence-electron chi connectivity index (χ0n) is 14.6. The van der Waals surface area contributed by atoms with E-state index < -0.39 is 17.6 Å². The van der Waals surface area contributed by atoms with Gasteiger partial charge >= 0.3 is 5.97 Å². The molecule has 0 saturated carbocycles. The van der Waals surface area contributed by atoms with Gasteiger partial charge in [-0.1, -0.05) is 24.3 Å². The lowest BCUT2D eigenvalue weighted by atomic mass is 10.1.